The van der Waals surface area contributed by atoms with E-state index in [1.165, 1.54) is 0 Å². The Hall–Kier alpha value is -2.21. The summed E-state index contributed by atoms with van der Waals surface area (Å²) >= 11 is 0. The molecule has 2 rings (SSSR count). The molecule has 0 fully saturated rings. The molecule has 0 radical (unpaired) electrons. The smallest absolute Gasteiger partial charge is 0.270 e. The first kappa shape index (κ1) is 13.2. The topological polar surface area (TPSA) is 85.8 Å². The standard InChI is InChI=1S/C13H17N5O/c1-9-11(8-17-18(9)2)7-16-13(19)12-4-3-10(5-14)6-15-12/h3-4,6,8H,5,7,14H2,1-2H3,(H,16,19). The molecule has 0 aliphatic heterocycles. The second-order valence-electron chi connectivity index (χ2n) is 4.32. The Morgan fingerprint density at radius 3 is 2.74 bits per heavy atom. The number of hydrogen-bond donors (Lipinski definition) is 2. The molecule has 2 aromatic heterocycles. The van der Waals surface area contributed by atoms with E-state index in [1.54, 1.807) is 29.2 Å². The average molecular weight is 259 g/mol. The van der Waals surface area contributed by atoms with E-state index in [1.807, 2.05) is 14.0 Å². The molecular formula is C13H17N5O. The minimum Gasteiger partial charge on any atom is -0.346 e. The molecule has 0 spiro atoms. The van der Waals surface area contributed by atoms with Gasteiger partial charge in [0.2, 0.25) is 0 Å². The first-order valence-electron chi connectivity index (χ1n) is 6.02. The van der Waals surface area contributed by atoms with E-state index in [0.717, 1.165) is 16.8 Å². The third-order valence-corrected chi connectivity index (χ3v) is 3.07. The van der Waals surface area contributed by atoms with Crippen LogP contribution >= 0.6 is 0 Å². The number of hydrogen-bond acceptors (Lipinski definition) is 4. The van der Waals surface area contributed by atoms with Crippen molar-refractivity contribution in [1.29, 1.82) is 0 Å². The first-order chi connectivity index (χ1) is 9.11. The Morgan fingerprint density at radius 2 is 2.21 bits per heavy atom. The predicted molar refractivity (Wildman–Crippen MR) is 71.2 cm³/mol. The van der Waals surface area contributed by atoms with Gasteiger partial charge in [-0.05, 0) is 18.6 Å². The molecule has 0 bridgehead atoms. The summed E-state index contributed by atoms with van der Waals surface area (Å²) < 4.78 is 1.77. The molecule has 100 valence electrons. The third kappa shape index (κ3) is 2.97. The number of amides is 1. The molecule has 0 saturated heterocycles. The number of carbonyl (C=O) groups is 1. The van der Waals surface area contributed by atoms with Crippen molar-refractivity contribution in [3.05, 3.63) is 47.0 Å². The van der Waals surface area contributed by atoms with Crippen LogP contribution in [0.4, 0.5) is 0 Å². The van der Waals surface area contributed by atoms with Crippen molar-refractivity contribution in [2.75, 3.05) is 0 Å². The zero-order chi connectivity index (χ0) is 13.8. The summed E-state index contributed by atoms with van der Waals surface area (Å²) in [6, 6.07) is 3.48. The van der Waals surface area contributed by atoms with Gasteiger partial charge in [0.1, 0.15) is 5.69 Å². The van der Waals surface area contributed by atoms with Crippen LogP contribution in [0, 0.1) is 6.92 Å². The van der Waals surface area contributed by atoms with Crippen molar-refractivity contribution in [3.63, 3.8) is 0 Å². The fourth-order valence-corrected chi connectivity index (χ4v) is 1.66. The Labute approximate surface area is 111 Å². The fraction of sp³-hybridized carbons (Fsp3) is 0.308. The highest BCUT2D eigenvalue weighted by molar-refractivity contribution is 5.92. The van der Waals surface area contributed by atoms with E-state index in [2.05, 4.69) is 15.4 Å². The Bertz CT molecular complexity index is 573. The molecule has 6 nitrogen and oxygen atoms in total. The number of nitrogens with two attached hydrogens (primary N) is 1. The molecule has 2 aromatic rings. The highest BCUT2D eigenvalue weighted by Crippen LogP contribution is 2.05. The Morgan fingerprint density at radius 1 is 1.42 bits per heavy atom. The van der Waals surface area contributed by atoms with Crippen molar-refractivity contribution in [2.24, 2.45) is 12.8 Å². The monoisotopic (exact) mass is 259 g/mol. The first-order valence-corrected chi connectivity index (χ1v) is 6.02. The van der Waals surface area contributed by atoms with Gasteiger partial charge < -0.3 is 11.1 Å². The van der Waals surface area contributed by atoms with Crippen LogP contribution in [-0.2, 0) is 20.1 Å². The number of nitrogens with zero attached hydrogens (tertiary/aromatic N) is 3. The van der Waals surface area contributed by atoms with E-state index in [0.29, 0.717) is 18.8 Å². The SMILES string of the molecule is Cc1c(CNC(=O)c2ccc(CN)cn2)cnn1C. The maximum absolute atomic E-state index is 11.9. The van der Waals surface area contributed by atoms with Gasteiger partial charge in [0, 0.05) is 37.6 Å². The maximum Gasteiger partial charge on any atom is 0.270 e. The second-order valence-corrected chi connectivity index (χ2v) is 4.32. The molecule has 0 atom stereocenters. The Kier molecular flexibility index (Phi) is 3.91. The van der Waals surface area contributed by atoms with Gasteiger partial charge in [0.05, 0.1) is 6.20 Å². The van der Waals surface area contributed by atoms with Gasteiger partial charge in [-0.1, -0.05) is 6.07 Å². The number of nitrogens with one attached hydrogen (secondary N) is 1. The number of carbonyl (C=O) groups excluding carboxylic acids is 1. The average Bonchev–Trinajstić information content (AvgIpc) is 2.76. The number of pyridine rings is 1. The van der Waals surface area contributed by atoms with Crippen LogP contribution in [0.15, 0.2) is 24.5 Å². The lowest BCUT2D eigenvalue weighted by Crippen LogP contribution is -2.24. The molecule has 1 amide bonds. The van der Waals surface area contributed by atoms with Crippen molar-refractivity contribution >= 4 is 5.91 Å². The summed E-state index contributed by atoms with van der Waals surface area (Å²) in [4.78, 5) is 16.0. The lowest BCUT2D eigenvalue weighted by molar-refractivity contribution is 0.0946. The maximum atomic E-state index is 11.9. The third-order valence-electron chi connectivity index (χ3n) is 3.07. The molecular weight excluding hydrogens is 242 g/mol. The predicted octanol–water partition coefficient (Wildman–Crippen LogP) is 0.512. The molecule has 0 aliphatic carbocycles. The molecule has 6 heteroatoms. The summed E-state index contributed by atoms with van der Waals surface area (Å²) in [6.45, 7) is 2.82. The molecule has 19 heavy (non-hydrogen) atoms. The summed E-state index contributed by atoms with van der Waals surface area (Å²) in [7, 11) is 1.87. The summed E-state index contributed by atoms with van der Waals surface area (Å²) in [6.07, 6.45) is 3.37. The number of aryl methyl sites for hydroxylation is 1. The van der Waals surface area contributed by atoms with Gasteiger partial charge in [-0.15, -0.1) is 0 Å². The Balaban J connectivity index is 1.99. The van der Waals surface area contributed by atoms with Gasteiger partial charge in [-0.2, -0.15) is 5.10 Å². The van der Waals surface area contributed by atoms with Crippen LogP contribution in [-0.4, -0.2) is 20.7 Å². The van der Waals surface area contributed by atoms with E-state index >= 15 is 0 Å². The quantitative estimate of drug-likeness (QED) is 0.837. The van der Waals surface area contributed by atoms with Crippen LogP contribution in [0.25, 0.3) is 0 Å². The summed E-state index contributed by atoms with van der Waals surface area (Å²) in [5, 5.41) is 6.95. The highest BCUT2D eigenvalue weighted by atomic mass is 16.1. The van der Waals surface area contributed by atoms with Crippen LogP contribution in [0.2, 0.25) is 0 Å². The van der Waals surface area contributed by atoms with Crippen molar-refractivity contribution in [1.82, 2.24) is 20.1 Å². The lowest BCUT2D eigenvalue weighted by Gasteiger charge is -2.05. The molecule has 0 unspecified atom stereocenters. The summed E-state index contributed by atoms with van der Waals surface area (Å²) in [5.41, 5.74) is 8.80. The van der Waals surface area contributed by atoms with Gasteiger partial charge in [0.25, 0.3) is 5.91 Å². The molecule has 0 aliphatic rings. The zero-order valence-electron chi connectivity index (χ0n) is 11.1. The minimum atomic E-state index is -0.202. The van der Waals surface area contributed by atoms with Crippen LogP contribution < -0.4 is 11.1 Å². The number of rotatable bonds is 4. The fourth-order valence-electron chi connectivity index (χ4n) is 1.66. The number of aromatic nitrogens is 3. The highest BCUT2D eigenvalue weighted by Gasteiger charge is 2.09. The van der Waals surface area contributed by atoms with E-state index in [4.69, 9.17) is 5.73 Å². The lowest BCUT2D eigenvalue weighted by atomic mass is 10.2. The normalized spacial score (nSPS) is 10.5. The van der Waals surface area contributed by atoms with E-state index in [9.17, 15) is 4.79 Å². The molecule has 3 N–H and O–H groups in total. The van der Waals surface area contributed by atoms with Crippen molar-refractivity contribution < 1.29 is 4.79 Å². The van der Waals surface area contributed by atoms with Gasteiger partial charge in [0.15, 0.2) is 0 Å². The molecule has 2 heterocycles. The second kappa shape index (κ2) is 5.62. The van der Waals surface area contributed by atoms with E-state index < -0.39 is 0 Å². The van der Waals surface area contributed by atoms with Gasteiger partial charge in [-0.25, -0.2) is 0 Å². The largest absolute Gasteiger partial charge is 0.346 e. The van der Waals surface area contributed by atoms with E-state index in [-0.39, 0.29) is 5.91 Å². The molecule has 0 aromatic carbocycles. The molecule has 0 saturated carbocycles. The van der Waals surface area contributed by atoms with Crippen molar-refractivity contribution in [3.8, 4) is 0 Å². The zero-order valence-corrected chi connectivity index (χ0v) is 11.1. The summed E-state index contributed by atoms with van der Waals surface area (Å²) in [5.74, 6) is -0.202. The van der Waals surface area contributed by atoms with Crippen LogP contribution in [0.3, 0.4) is 0 Å². The van der Waals surface area contributed by atoms with Gasteiger partial charge >= 0.3 is 0 Å². The van der Waals surface area contributed by atoms with Crippen molar-refractivity contribution in [2.45, 2.75) is 20.0 Å². The van der Waals surface area contributed by atoms with Gasteiger partial charge in [-0.3, -0.25) is 14.5 Å². The van der Waals surface area contributed by atoms with Crippen LogP contribution in [0.5, 0.6) is 0 Å². The minimum absolute atomic E-state index is 0.202. The van der Waals surface area contributed by atoms with Crippen LogP contribution in [0.1, 0.15) is 27.3 Å².